The van der Waals surface area contributed by atoms with Crippen LogP contribution in [-0.2, 0) is 11.2 Å². The van der Waals surface area contributed by atoms with Crippen molar-refractivity contribution in [2.75, 3.05) is 13.2 Å². The highest BCUT2D eigenvalue weighted by atomic mass is 16.5. The first-order valence-corrected chi connectivity index (χ1v) is 11.3. The number of amides is 1. The van der Waals surface area contributed by atoms with E-state index in [9.17, 15) is 4.79 Å². The van der Waals surface area contributed by atoms with E-state index in [0.717, 1.165) is 38.2 Å². The SMILES string of the molecule is CCCC(=O)NCC1CC1c1cccc(OCCCCCCc2ccccc2)c1. The Kier molecular flexibility index (Phi) is 8.60. The second-order valence-corrected chi connectivity index (χ2v) is 8.23. The monoisotopic (exact) mass is 393 g/mol. The minimum Gasteiger partial charge on any atom is -0.494 e. The van der Waals surface area contributed by atoms with Crippen LogP contribution in [0.25, 0.3) is 0 Å². The number of benzene rings is 2. The maximum Gasteiger partial charge on any atom is 0.219 e. The molecule has 2 unspecified atom stereocenters. The Labute approximate surface area is 175 Å². The molecule has 2 atom stereocenters. The van der Waals surface area contributed by atoms with E-state index in [4.69, 9.17) is 4.74 Å². The summed E-state index contributed by atoms with van der Waals surface area (Å²) in [6, 6.07) is 19.2. The van der Waals surface area contributed by atoms with Gasteiger partial charge in [0.1, 0.15) is 5.75 Å². The molecule has 29 heavy (non-hydrogen) atoms. The molecule has 1 aliphatic carbocycles. The van der Waals surface area contributed by atoms with Crippen LogP contribution in [0.3, 0.4) is 0 Å². The van der Waals surface area contributed by atoms with Gasteiger partial charge in [-0.05, 0) is 67.2 Å². The molecule has 1 amide bonds. The molecule has 0 radical (unpaired) electrons. The first-order valence-electron chi connectivity index (χ1n) is 11.3. The van der Waals surface area contributed by atoms with Crippen LogP contribution < -0.4 is 10.1 Å². The number of carbonyl (C=O) groups is 1. The number of rotatable bonds is 13. The van der Waals surface area contributed by atoms with Crippen molar-refractivity contribution in [1.82, 2.24) is 5.32 Å². The molecule has 2 aromatic rings. The zero-order chi connectivity index (χ0) is 20.3. The van der Waals surface area contributed by atoms with E-state index in [0.29, 0.717) is 18.3 Å². The van der Waals surface area contributed by atoms with Crippen molar-refractivity contribution in [3.05, 3.63) is 65.7 Å². The first kappa shape index (κ1) is 21.4. The summed E-state index contributed by atoms with van der Waals surface area (Å²) in [5, 5.41) is 3.06. The van der Waals surface area contributed by atoms with Crippen molar-refractivity contribution in [3.8, 4) is 5.75 Å². The topological polar surface area (TPSA) is 38.3 Å². The zero-order valence-corrected chi connectivity index (χ0v) is 17.7. The summed E-state index contributed by atoms with van der Waals surface area (Å²) < 4.78 is 5.99. The number of nitrogens with one attached hydrogen (secondary N) is 1. The van der Waals surface area contributed by atoms with Crippen LogP contribution in [0.2, 0.25) is 0 Å². The molecule has 0 spiro atoms. The lowest BCUT2D eigenvalue weighted by Crippen LogP contribution is -2.25. The number of hydrogen-bond donors (Lipinski definition) is 1. The quantitative estimate of drug-likeness (QED) is 0.431. The summed E-state index contributed by atoms with van der Waals surface area (Å²) in [4.78, 5) is 11.6. The lowest BCUT2D eigenvalue weighted by molar-refractivity contribution is -0.121. The molecular formula is C26H35NO2. The van der Waals surface area contributed by atoms with Crippen LogP contribution in [0.1, 0.15) is 68.9 Å². The normalized spacial score (nSPS) is 17.7. The van der Waals surface area contributed by atoms with Crippen LogP contribution in [0.5, 0.6) is 5.75 Å². The standard InChI is InChI=1S/C26H35NO2/c1-2-11-26(28)27-20-23-19-25(23)22-15-10-16-24(18-22)29-17-9-4-3-6-12-21-13-7-5-8-14-21/h5,7-8,10,13-16,18,23,25H,2-4,6,9,11-12,17,19-20H2,1H3,(H,27,28). The van der Waals surface area contributed by atoms with Gasteiger partial charge < -0.3 is 10.1 Å². The van der Waals surface area contributed by atoms with Crippen molar-refractivity contribution in [1.29, 1.82) is 0 Å². The van der Waals surface area contributed by atoms with E-state index < -0.39 is 0 Å². The predicted octanol–water partition coefficient (Wildman–Crippen LogP) is 5.89. The zero-order valence-electron chi connectivity index (χ0n) is 17.7. The Morgan fingerprint density at radius 1 is 1.03 bits per heavy atom. The van der Waals surface area contributed by atoms with Crippen LogP contribution in [0.15, 0.2) is 54.6 Å². The molecule has 3 rings (SSSR count). The third-order valence-electron chi connectivity index (χ3n) is 5.72. The highest BCUT2D eigenvalue weighted by Crippen LogP contribution is 2.47. The van der Waals surface area contributed by atoms with Crippen molar-refractivity contribution < 1.29 is 9.53 Å². The summed E-state index contributed by atoms with van der Waals surface area (Å²) in [6.45, 7) is 3.63. The predicted molar refractivity (Wildman–Crippen MR) is 119 cm³/mol. The Morgan fingerprint density at radius 2 is 1.86 bits per heavy atom. The van der Waals surface area contributed by atoms with Gasteiger partial charge in [0, 0.05) is 13.0 Å². The van der Waals surface area contributed by atoms with Gasteiger partial charge in [0.15, 0.2) is 0 Å². The lowest BCUT2D eigenvalue weighted by atomic mass is 10.1. The molecule has 1 aliphatic rings. The van der Waals surface area contributed by atoms with Gasteiger partial charge in [-0.3, -0.25) is 4.79 Å². The van der Waals surface area contributed by atoms with Gasteiger partial charge in [-0.1, -0.05) is 62.2 Å². The molecule has 0 saturated heterocycles. The van der Waals surface area contributed by atoms with Crippen LogP contribution in [0.4, 0.5) is 0 Å². The molecule has 0 heterocycles. The number of ether oxygens (including phenoxy) is 1. The summed E-state index contributed by atoms with van der Waals surface area (Å²) in [5.74, 6) is 2.31. The third-order valence-corrected chi connectivity index (χ3v) is 5.72. The molecule has 156 valence electrons. The van der Waals surface area contributed by atoms with E-state index in [1.54, 1.807) is 0 Å². The fourth-order valence-corrected chi connectivity index (χ4v) is 3.90. The highest BCUT2D eigenvalue weighted by molar-refractivity contribution is 5.75. The van der Waals surface area contributed by atoms with Crippen molar-refractivity contribution in [2.24, 2.45) is 5.92 Å². The second kappa shape index (κ2) is 11.6. The molecule has 2 aromatic carbocycles. The Balaban J connectivity index is 1.29. The first-order chi connectivity index (χ1) is 14.3. The fourth-order valence-electron chi connectivity index (χ4n) is 3.90. The molecule has 1 N–H and O–H groups in total. The van der Waals surface area contributed by atoms with E-state index in [-0.39, 0.29) is 5.91 Å². The summed E-state index contributed by atoms with van der Waals surface area (Å²) >= 11 is 0. The van der Waals surface area contributed by atoms with Gasteiger partial charge in [-0.2, -0.15) is 0 Å². The van der Waals surface area contributed by atoms with E-state index in [1.165, 1.54) is 36.8 Å². The molecule has 3 nitrogen and oxygen atoms in total. The minimum atomic E-state index is 0.180. The van der Waals surface area contributed by atoms with E-state index in [2.05, 4.69) is 59.9 Å². The molecule has 1 saturated carbocycles. The summed E-state index contributed by atoms with van der Waals surface area (Å²) in [5.41, 5.74) is 2.78. The third kappa shape index (κ3) is 7.56. The Hall–Kier alpha value is -2.29. The molecule has 0 aromatic heterocycles. The minimum absolute atomic E-state index is 0.180. The average molecular weight is 394 g/mol. The summed E-state index contributed by atoms with van der Waals surface area (Å²) in [6.07, 6.45) is 8.70. The number of carbonyl (C=O) groups excluding carboxylic acids is 1. The van der Waals surface area contributed by atoms with Gasteiger partial charge in [0.25, 0.3) is 0 Å². The van der Waals surface area contributed by atoms with Gasteiger partial charge in [-0.15, -0.1) is 0 Å². The average Bonchev–Trinajstić information content (AvgIpc) is 3.53. The fraction of sp³-hybridized carbons (Fsp3) is 0.500. The number of aryl methyl sites for hydroxylation is 1. The van der Waals surface area contributed by atoms with Crippen molar-refractivity contribution in [3.63, 3.8) is 0 Å². The second-order valence-electron chi connectivity index (χ2n) is 8.23. The van der Waals surface area contributed by atoms with Crippen LogP contribution in [0, 0.1) is 5.92 Å². The largest absolute Gasteiger partial charge is 0.494 e. The Morgan fingerprint density at radius 3 is 2.69 bits per heavy atom. The van der Waals surface area contributed by atoms with Crippen LogP contribution >= 0.6 is 0 Å². The number of hydrogen-bond acceptors (Lipinski definition) is 2. The smallest absolute Gasteiger partial charge is 0.219 e. The molecule has 3 heteroatoms. The Bertz CT molecular complexity index is 743. The van der Waals surface area contributed by atoms with Crippen molar-refractivity contribution in [2.45, 2.75) is 64.2 Å². The molecule has 0 aliphatic heterocycles. The van der Waals surface area contributed by atoms with Gasteiger partial charge >= 0.3 is 0 Å². The number of unbranched alkanes of at least 4 members (excludes halogenated alkanes) is 3. The summed E-state index contributed by atoms with van der Waals surface area (Å²) in [7, 11) is 0. The maximum absolute atomic E-state index is 11.6. The van der Waals surface area contributed by atoms with Crippen LogP contribution in [-0.4, -0.2) is 19.1 Å². The lowest BCUT2D eigenvalue weighted by Gasteiger charge is -2.09. The van der Waals surface area contributed by atoms with E-state index in [1.807, 2.05) is 6.92 Å². The van der Waals surface area contributed by atoms with Gasteiger partial charge in [-0.25, -0.2) is 0 Å². The molecule has 0 bridgehead atoms. The van der Waals surface area contributed by atoms with Gasteiger partial charge in [0.2, 0.25) is 5.91 Å². The highest BCUT2D eigenvalue weighted by Gasteiger charge is 2.38. The molecule has 1 fully saturated rings. The van der Waals surface area contributed by atoms with Gasteiger partial charge in [0.05, 0.1) is 6.61 Å². The maximum atomic E-state index is 11.6. The van der Waals surface area contributed by atoms with Crippen molar-refractivity contribution >= 4 is 5.91 Å². The van der Waals surface area contributed by atoms with E-state index >= 15 is 0 Å². The molecular weight excluding hydrogens is 358 g/mol.